The van der Waals surface area contributed by atoms with Gasteiger partial charge in [0.15, 0.2) is 0 Å². The average Bonchev–Trinajstić information content (AvgIpc) is 2.76. The van der Waals surface area contributed by atoms with Crippen molar-refractivity contribution in [3.05, 3.63) is 58.7 Å². The number of benzene rings is 1. The van der Waals surface area contributed by atoms with Crippen molar-refractivity contribution in [2.24, 2.45) is 0 Å². The maximum absolute atomic E-state index is 12.5. The molecule has 0 N–H and O–H groups in total. The average molecular weight is 273 g/mol. The standard InChI is InChI=1S/C15H13ClN2O/c1-10-9-18(14-13(10)7-12(16)8-17-14)15(19)11-5-3-2-4-6-11/h2-8,10H,9H2,1H3. The van der Waals surface area contributed by atoms with Crippen LogP contribution in [0.5, 0.6) is 0 Å². The lowest BCUT2D eigenvalue weighted by molar-refractivity contribution is 0.0987. The number of carbonyl (C=O) groups excluding carboxylic acids is 1. The molecule has 3 nitrogen and oxygen atoms in total. The molecule has 1 atom stereocenters. The molecule has 0 bridgehead atoms. The van der Waals surface area contributed by atoms with Gasteiger partial charge in [0.05, 0.1) is 5.02 Å². The van der Waals surface area contributed by atoms with Gasteiger partial charge in [-0.15, -0.1) is 0 Å². The van der Waals surface area contributed by atoms with E-state index in [-0.39, 0.29) is 11.8 Å². The van der Waals surface area contributed by atoms with E-state index in [1.165, 1.54) is 0 Å². The Kier molecular flexibility index (Phi) is 2.99. The van der Waals surface area contributed by atoms with Crippen molar-refractivity contribution >= 4 is 23.3 Å². The minimum atomic E-state index is -0.0129. The van der Waals surface area contributed by atoms with E-state index in [0.717, 1.165) is 11.4 Å². The lowest BCUT2D eigenvalue weighted by Crippen LogP contribution is -2.30. The number of nitrogens with zero attached hydrogens (tertiary/aromatic N) is 2. The fourth-order valence-electron chi connectivity index (χ4n) is 2.41. The van der Waals surface area contributed by atoms with E-state index in [1.807, 2.05) is 36.4 Å². The highest BCUT2D eigenvalue weighted by atomic mass is 35.5. The maximum Gasteiger partial charge on any atom is 0.259 e. The molecular weight excluding hydrogens is 260 g/mol. The molecule has 3 rings (SSSR count). The third-order valence-electron chi connectivity index (χ3n) is 3.37. The van der Waals surface area contributed by atoms with Gasteiger partial charge >= 0.3 is 0 Å². The summed E-state index contributed by atoms with van der Waals surface area (Å²) < 4.78 is 0. The SMILES string of the molecule is CC1CN(C(=O)c2ccccc2)c2ncc(Cl)cc21. The summed E-state index contributed by atoms with van der Waals surface area (Å²) in [6.07, 6.45) is 1.59. The lowest BCUT2D eigenvalue weighted by atomic mass is 10.1. The normalized spacial score (nSPS) is 17.4. The van der Waals surface area contributed by atoms with Crippen LogP contribution in [0.3, 0.4) is 0 Å². The molecule has 0 saturated heterocycles. The first-order valence-electron chi connectivity index (χ1n) is 6.19. The van der Waals surface area contributed by atoms with Crippen LogP contribution in [-0.4, -0.2) is 17.4 Å². The molecule has 0 saturated carbocycles. The molecule has 1 aromatic carbocycles. The van der Waals surface area contributed by atoms with Crippen molar-refractivity contribution < 1.29 is 4.79 Å². The van der Waals surface area contributed by atoms with Crippen LogP contribution < -0.4 is 4.90 Å². The van der Waals surface area contributed by atoms with Crippen LogP contribution in [0.1, 0.15) is 28.8 Å². The summed E-state index contributed by atoms with van der Waals surface area (Å²) in [5, 5.41) is 0.611. The van der Waals surface area contributed by atoms with E-state index >= 15 is 0 Å². The van der Waals surface area contributed by atoms with Crippen LogP contribution in [0.15, 0.2) is 42.6 Å². The molecule has 19 heavy (non-hydrogen) atoms. The molecule has 0 radical (unpaired) electrons. The number of pyridine rings is 1. The van der Waals surface area contributed by atoms with Gasteiger partial charge < -0.3 is 0 Å². The van der Waals surface area contributed by atoms with Crippen LogP contribution in [0, 0.1) is 0 Å². The van der Waals surface area contributed by atoms with Gasteiger partial charge in [0.25, 0.3) is 5.91 Å². The number of carbonyl (C=O) groups is 1. The monoisotopic (exact) mass is 272 g/mol. The molecule has 2 aromatic rings. The zero-order valence-electron chi connectivity index (χ0n) is 10.5. The van der Waals surface area contributed by atoms with Crippen LogP contribution in [0.2, 0.25) is 5.02 Å². The van der Waals surface area contributed by atoms with Crippen molar-refractivity contribution in [1.82, 2.24) is 4.98 Å². The number of fused-ring (bicyclic) bond motifs is 1. The highest BCUT2D eigenvalue weighted by Gasteiger charge is 2.31. The first kappa shape index (κ1) is 12.2. The zero-order valence-corrected chi connectivity index (χ0v) is 11.3. The molecule has 1 amide bonds. The van der Waals surface area contributed by atoms with Gasteiger partial charge in [-0.1, -0.05) is 36.7 Å². The summed E-state index contributed by atoms with van der Waals surface area (Å²) in [5.41, 5.74) is 1.72. The third kappa shape index (κ3) is 2.10. The van der Waals surface area contributed by atoms with Crippen LogP contribution in [0.25, 0.3) is 0 Å². The molecule has 0 spiro atoms. The van der Waals surface area contributed by atoms with Gasteiger partial charge in [-0.05, 0) is 18.2 Å². The quantitative estimate of drug-likeness (QED) is 0.796. The molecule has 1 aromatic heterocycles. The fourth-order valence-corrected chi connectivity index (χ4v) is 2.58. The number of amides is 1. The van der Waals surface area contributed by atoms with Crippen molar-refractivity contribution in [1.29, 1.82) is 0 Å². The Hall–Kier alpha value is -1.87. The minimum absolute atomic E-state index is 0.0129. The van der Waals surface area contributed by atoms with Gasteiger partial charge in [0.2, 0.25) is 0 Å². The predicted molar refractivity (Wildman–Crippen MR) is 75.8 cm³/mol. The van der Waals surface area contributed by atoms with E-state index in [1.54, 1.807) is 11.1 Å². The summed E-state index contributed by atoms with van der Waals surface area (Å²) >= 11 is 5.97. The minimum Gasteiger partial charge on any atom is -0.292 e. The molecular formula is C15H13ClN2O. The fraction of sp³-hybridized carbons (Fsp3) is 0.200. The maximum atomic E-state index is 12.5. The van der Waals surface area contributed by atoms with Gasteiger partial charge in [-0.3, -0.25) is 9.69 Å². The number of halogens is 1. The summed E-state index contributed by atoms with van der Waals surface area (Å²) in [6, 6.07) is 11.2. The third-order valence-corrected chi connectivity index (χ3v) is 3.58. The van der Waals surface area contributed by atoms with E-state index in [2.05, 4.69) is 11.9 Å². The molecule has 4 heteroatoms. The highest BCUT2D eigenvalue weighted by molar-refractivity contribution is 6.30. The largest absolute Gasteiger partial charge is 0.292 e. The second-order valence-electron chi connectivity index (χ2n) is 4.75. The van der Waals surface area contributed by atoms with Crippen molar-refractivity contribution in [2.75, 3.05) is 11.4 Å². The predicted octanol–water partition coefficient (Wildman–Crippen LogP) is 3.50. The Bertz CT molecular complexity index is 627. The van der Waals surface area contributed by atoms with E-state index < -0.39 is 0 Å². The van der Waals surface area contributed by atoms with E-state index in [0.29, 0.717) is 17.1 Å². The number of rotatable bonds is 1. The zero-order chi connectivity index (χ0) is 13.4. The molecule has 1 aliphatic heterocycles. The number of anilines is 1. The number of aromatic nitrogens is 1. The Labute approximate surface area is 116 Å². The van der Waals surface area contributed by atoms with Crippen molar-refractivity contribution in [2.45, 2.75) is 12.8 Å². The Morgan fingerprint density at radius 2 is 2.11 bits per heavy atom. The van der Waals surface area contributed by atoms with Crippen molar-refractivity contribution in [3.63, 3.8) is 0 Å². The first-order chi connectivity index (χ1) is 9.16. The first-order valence-corrected chi connectivity index (χ1v) is 6.57. The summed E-state index contributed by atoms with van der Waals surface area (Å²) in [7, 11) is 0. The topological polar surface area (TPSA) is 33.2 Å². The van der Waals surface area contributed by atoms with Crippen LogP contribution in [-0.2, 0) is 0 Å². The summed E-state index contributed by atoms with van der Waals surface area (Å²) in [4.78, 5) is 18.5. The van der Waals surface area contributed by atoms with Gasteiger partial charge in [-0.2, -0.15) is 0 Å². The molecule has 0 fully saturated rings. The van der Waals surface area contributed by atoms with Gasteiger partial charge in [-0.25, -0.2) is 4.98 Å². The lowest BCUT2D eigenvalue weighted by Gasteiger charge is -2.16. The van der Waals surface area contributed by atoms with Gasteiger partial charge in [0.1, 0.15) is 5.82 Å². The Morgan fingerprint density at radius 1 is 1.37 bits per heavy atom. The van der Waals surface area contributed by atoms with E-state index in [9.17, 15) is 4.79 Å². The molecule has 1 unspecified atom stereocenters. The molecule has 1 aliphatic rings. The molecule has 2 heterocycles. The summed E-state index contributed by atoms with van der Waals surface area (Å²) in [5.74, 6) is 0.973. The Balaban J connectivity index is 1.99. The molecule has 0 aliphatic carbocycles. The highest BCUT2D eigenvalue weighted by Crippen LogP contribution is 2.36. The van der Waals surface area contributed by atoms with Gasteiger partial charge in [0, 0.05) is 29.8 Å². The van der Waals surface area contributed by atoms with E-state index in [4.69, 9.17) is 11.6 Å². The number of hydrogen-bond donors (Lipinski definition) is 0. The second-order valence-corrected chi connectivity index (χ2v) is 5.19. The second kappa shape index (κ2) is 4.67. The van der Waals surface area contributed by atoms with Crippen molar-refractivity contribution in [3.8, 4) is 0 Å². The summed E-state index contributed by atoms with van der Waals surface area (Å²) in [6.45, 7) is 2.73. The number of hydrogen-bond acceptors (Lipinski definition) is 2. The Morgan fingerprint density at radius 3 is 2.84 bits per heavy atom. The smallest absolute Gasteiger partial charge is 0.259 e. The van der Waals surface area contributed by atoms with Crippen LogP contribution >= 0.6 is 11.6 Å². The molecule has 96 valence electrons. The van der Waals surface area contributed by atoms with Crippen LogP contribution in [0.4, 0.5) is 5.82 Å².